The molecule has 1 aromatic heterocycles. The number of pyridine rings is 1. The Bertz CT molecular complexity index is 593. The zero-order chi connectivity index (χ0) is 12.5. The number of fused-ring (bicyclic) bond motifs is 1. The van der Waals surface area contributed by atoms with E-state index in [4.69, 9.17) is 0 Å². The number of carbonyl (C=O) groups excluding carboxylic acids is 1. The van der Waals surface area contributed by atoms with E-state index < -0.39 is 0 Å². The van der Waals surface area contributed by atoms with E-state index in [0.29, 0.717) is 13.1 Å². The van der Waals surface area contributed by atoms with Gasteiger partial charge in [0, 0.05) is 36.6 Å². The van der Waals surface area contributed by atoms with Crippen LogP contribution in [0.1, 0.15) is 21.5 Å². The van der Waals surface area contributed by atoms with Gasteiger partial charge < -0.3 is 10.0 Å². The van der Waals surface area contributed by atoms with Gasteiger partial charge in [-0.1, -0.05) is 12.1 Å². The largest absolute Gasteiger partial charge is 0.508 e. The topological polar surface area (TPSA) is 53.4 Å². The Hall–Kier alpha value is -2.36. The van der Waals surface area contributed by atoms with Crippen molar-refractivity contribution in [3.63, 3.8) is 0 Å². The van der Waals surface area contributed by atoms with Gasteiger partial charge in [-0.25, -0.2) is 0 Å². The number of hydrogen-bond donors (Lipinski definition) is 1. The Labute approximate surface area is 105 Å². The van der Waals surface area contributed by atoms with Crippen molar-refractivity contribution in [1.29, 1.82) is 0 Å². The molecule has 0 bridgehead atoms. The number of nitrogens with zero attached hydrogens (tertiary/aromatic N) is 2. The van der Waals surface area contributed by atoms with Gasteiger partial charge in [0.15, 0.2) is 0 Å². The molecule has 90 valence electrons. The quantitative estimate of drug-likeness (QED) is 0.872. The molecule has 3 rings (SSSR count). The lowest BCUT2D eigenvalue weighted by atomic mass is 10.2. The molecule has 0 atom stereocenters. The molecule has 4 heteroatoms. The zero-order valence-corrected chi connectivity index (χ0v) is 9.71. The highest BCUT2D eigenvalue weighted by atomic mass is 16.3. The molecule has 0 unspecified atom stereocenters. The van der Waals surface area contributed by atoms with Crippen molar-refractivity contribution in [3.05, 3.63) is 59.4 Å². The van der Waals surface area contributed by atoms with Crippen LogP contribution >= 0.6 is 0 Å². The summed E-state index contributed by atoms with van der Waals surface area (Å²) >= 11 is 0. The molecule has 18 heavy (non-hydrogen) atoms. The number of benzene rings is 1. The molecule has 1 aromatic carbocycles. The van der Waals surface area contributed by atoms with Crippen LogP contribution in [0.25, 0.3) is 0 Å². The molecule has 1 N–H and O–H groups in total. The number of amides is 1. The fourth-order valence-corrected chi connectivity index (χ4v) is 2.16. The standard InChI is InChI=1S/C14H12N2O2/c17-12-3-1-10(2-4-12)8-16-9-11-7-15-6-5-13(11)14(16)18/h1-7,17H,8-9H2. The second kappa shape index (κ2) is 4.14. The van der Waals surface area contributed by atoms with Crippen LogP contribution in [0.15, 0.2) is 42.7 Å². The van der Waals surface area contributed by atoms with Crippen LogP contribution in [-0.2, 0) is 13.1 Å². The third-order valence-corrected chi connectivity index (χ3v) is 3.09. The van der Waals surface area contributed by atoms with Gasteiger partial charge in [0.05, 0.1) is 0 Å². The second-order valence-electron chi connectivity index (χ2n) is 4.36. The van der Waals surface area contributed by atoms with Gasteiger partial charge in [0.1, 0.15) is 5.75 Å². The van der Waals surface area contributed by atoms with Gasteiger partial charge >= 0.3 is 0 Å². The number of phenolic OH excluding ortho intramolecular Hbond substituents is 1. The van der Waals surface area contributed by atoms with Gasteiger partial charge in [-0.05, 0) is 23.8 Å². The Morgan fingerprint density at radius 2 is 2.00 bits per heavy atom. The maximum Gasteiger partial charge on any atom is 0.254 e. The Morgan fingerprint density at radius 3 is 2.72 bits per heavy atom. The second-order valence-corrected chi connectivity index (χ2v) is 4.36. The van der Waals surface area contributed by atoms with Crippen LogP contribution in [0.4, 0.5) is 0 Å². The molecule has 0 fully saturated rings. The average molecular weight is 240 g/mol. The Kier molecular flexibility index (Phi) is 2.48. The average Bonchev–Trinajstić information content (AvgIpc) is 2.70. The molecule has 0 saturated carbocycles. The predicted octanol–water partition coefficient (Wildman–Crippen LogP) is 1.94. The summed E-state index contributed by atoms with van der Waals surface area (Å²) in [5.74, 6) is 0.277. The van der Waals surface area contributed by atoms with Crippen LogP contribution in [0.3, 0.4) is 0 Å². The van der Waals surface area contributed by atoms with Crippen molar-refractivity contribution >= 4 is 5.91 Å². The van der Waals surface area contributed by atoms with Crippen LogP contribution < -0.4 is 0 Å². The molecule has 2 aromatic rings. The molecule has 0 radical (unpaired) electrons. The first-order chi connectivity index (χ1) is 8.74. The summed E-state index contributed by atoms with van der Waals surface area (Å²) in [4.78, 5) is 17.9. The summed E-state index contributed by atoms with van der Waals surface area (Å²) in [5.41, 5.74) is 2.71. The van der Waals surface area contributed by atoms with E-state index in [1.807, 2.05) is 12.1 Å². The number of carbonyl (C=O) groups is 1. The molecule has 2 heterocycles. The maximum atomic E-state index is 12.1. The van der Waals surface area contributed by atoms with Crippen LogP contribution in [0, 0.1) is 0 Å². The summed E-state index contributed by atoms with van der Waals surface area (Å²) < 4.78 is 0. The molecule has 0 saturated heterocycles. The normalized spacial score (nSPS) is 13.8. The molecule has 1 aliphatic heterocycles. The Balaban J connectivity index is 1.81. The van der Waals surface area contributed by atoms with E-state index in [9.17, 15) is 9.90 Å². The van der Waals surface area contributed by atoms with Gasteiger partial charge in [-0.2, -0.15) is 0 Å². The minimum atomic E-state index is 0.0421. The third-order valence-electron chi connectivity index (χ3n) is 3.09. The fourth-order valence-electron chi connectivity index (χ4n) is 2.16. The summed E-state index contributed by atoms with van der Waals surface area (Å²) in [6.45, 7) is 1.15. The summed E-state index contributed by atoms with van der Waals surface area (Å²) in [6.07, 6.45) is 3.38. The summed E-state index contributed by atoms with van der Waals surface area (Å²) in [6, 6.07) is 8.66. The van der Waals surface area contributed by atoms with E-state index in [1.54, 1.807) is 35.5 Å². The van der Waals surface area contributed by atoms with E-state index in [2.05, 4.69) is 4.98 Å². The molecular weight excluding hydrogens is 228 g/mol. The highest BCUT2D eigenvalue weighted by molar-refractivity contribution is 5.98. The molecular formula is C14H12N2O2. The summed E-state index contributed by atoms with van der Waals surface area (Å²) in [7, 11) is 0. The van der Waals surface area contributed by atoms with E-state index in [0.717, 1.165) is 16.7 Å². The molecule has 4 nitrogen and oxygen atoms in total. The molecule has 1 amide bonds. The zero-order valence-electron chi connectivity index (χ0n) is 9.71. The van der Waals surface area contributed by atoms with Crippen molar-refractivity contribution < 1.29 is 9.90 Å². The van der Waals surface area contributed by atoms with Crippen LogP contribution in [-0.4, -0.2) is 20.9 Å². The highest BCUT2D eigenvalue weighted by Gasteiger charge is 2.26. The smallest absolute Gasteiger partial charge is 0.254 e. The lowest BCUT2D eigenvalue weighted by Crippen LogP contribution is -2.23. The van der Waals surface area contributed by atoms with Gasteiger partial charge in [-0.15, -0.1) is 0 Å². The maximum absolute atomic E-state index is 12.1. The number of aromatic nitrogens is 1. The van der Waals surface area contributed by atoms with Crippen molar-refractivity contribution in [2.75, 3.05) is 0 Å². The van der Waals surface area contributed by atoms with Gasteiger partial charge in [0.2, 0.25) is 0 Å². The van der Waals surface area contributed by atoms with Crippen molar-refractivity contribution in [3.8, 4) is 5.75 Å². The molecule has 1 aliphatic rings. The minimum Gasteiger partial charge on any atom is -0.508 e. The van der Waals surface area contributed by atoms with Gasteiger partial charge in [-0.3, -0.25) is 9.78 Å². The monoisotopic (exact) mass is 240 g/mol. The van der Waals surface area contributed by atoms with E-state index >= 15 is 0 Å². The minimum absolute atomic E-state index is 0.0421. The first-order valence-corrected chi connectivity index (χ1v) is 5.74. The van der Waals surface area contributed by atoms with Gasteiger partial charge in [0.25, 0.3) is 5.91 Å². The number of rotatable bonds is 2. The number of phenols is 1. The van der Waals surface area contributed by atoms with Crippen LogP contribution in [0.5, 0.6) is 5.75 Å². The highest BCUT2D eigenvalue weighted by Crippen LogP contribution is 2.23. The van der Waals surface area contributed by atoms with E-state index in [1.165, 1.54) is 0 Å². The lowest BCUT2D eigenvalue weighted by molar-refractivity contribution is 0.0766. The van der Waals surface area contributed by atoms with Crippen LogP contribution in [0.2, 0.25) is 0 Å². The number of aromatic hydroxyl groups is 1. The molecule has 0 spiro atoms. The predicted molar refractivity (Wildman–Crippen MR) is 65.9 cm³/mol. The van der Waals surface area contributed by atoms with Crippen molar-refractivity contribution in [2.24, 2.45) is 0 Å². The molecule has 0 aliphatic carbocycles. The van der Waals surface area contributed by atoms with Crippen molar-refractivity contribution in [2.45, 2.75) is 13.1 Å². The summed E-state index contributed by atoms with van der Waals surface area (Å²) in [5, 5.41) is 9.22. The Morgan fingerprint density at radius 1 is 1.22 bits per heavy atom. The number of hydrogen-bond acceptors (Lipinski definition) is 3. The van der Waals surface area contributed by atoms with E-state index in [-0.39, 0.29) is 11.7 Å². The first-order valence-electron chi connectivity index (χ1n) is 5.74. The fraction of sp³-hybridized carbons (Fsp3) is 0.143. The first kappa shape index (κ1) is 10.8. The third kappa shape index (κ3) is 1.82. The van der Waals surface area contributed by atoms with Crippen molar-refractivity contribution in [1.82, 2.24) is 9.88 Å². The SMILES string of the molecule is O=C1c2ccncc2CN1Cc1ccc(O)cc1. The lowest BCUT2D eigenvalue weighted by Gasteiger charge is -2.15.